The van der Waals surface area contributed by atoms with Crippen molar-refractivity contribution in [2.75, 3.05) is 18.4 Å². The number of nitrogens with zero attached hydrogens (tertiary/aromatic N) is 1. The van der Waals surface area contributed by atoms with E-state index in [4.69, 9.17) is 5.73 Å². The van der Waals surface area contributed by atoms with Gasteiger partial charge in [0.05, 0.1) is 0 Å². The molecule has 2 amide bonds. The van der Waals surface area contributed by atoms with Crippen LogP contribution in [0.5, 0.6) is 0 Å². The minimum atomic E-state index is 0. The van der Waals surface area contributed by atoms with E-state index in [1.807, 2.05) is 30.0 Å². The first kappa shape index (κ1) is 19.7. The van der Waals surface area contributed by atoms with Gasteiger partial charge in [-0.1, -0.05) is 13.0 Å². The molecule has 1 aromatic carbocycles. The van der Waals surface area contributed by atoms with Crippen LogP contribution in [0.3, 0.4) is 0 Å². The average Bonchev–Trinajstić information content (AvgIpc) is 3.31. The molecular formula is C19H28ClN3O2. The maximum atomic E-state index is 12.7. The maximum Gasteiger partial charge on any atom is 0.253 e. The third kappa shape index (κ3) is 4.73. The normalized spacial score (nSPS) is 24.2. The largest absolute Gasteiger partial charge is 0.339 e. The molecule has 2 fully saturated rings. The van der Waals surface area contributed by atoms with Crippen LogP contribution in [0.25, 0.3) is 0 Å². The van der Waals surface area contributed by atoms with Crippen LogP contribution in [0, 0.1) is 17.8 Å². The fourth-order valence-electron chi connectivity index (χ4n) is 3.46. The summed E-state index contributed by atoms with van der Waals surface area (Å²) in [7, 11) is 0. The van der Waals surface area contributed by atoms with Gasteiger partial charge in [-0.2, -0.15) is 0 Å². The summed E-state index contributed by atoms with van der Waals surface area (Å²) in [6.07, 6.45) is 2.87. The van der Waals surface area contributed by atoms with Crippen molar-refractivity contribution in [3.05, 3.63) is 29.8 Å². The monoisotopic (exact) mass is 365 g/mol. The first-order valence-electron chi connectivity index (χ1n) is 8.91. The molecule has 3 rings (SSSR count). The first-order valence-corrected chi connectivity index (χ1v) is 8.91. The molecule has 1 aliphatic heterocycles. The smallest absolute Gasteiger partial charge is 0.253 e. The zero-order valence-electron chi connectivity index (χ0n) is 14.9. The van der Waals surface area contributed by atoms with Crippen LogP contribution in [0.4, 0.5) is 5.69 Å². The predicted molar refractivity (Wildman–Crippen MR) is 102 cm³/mol. The highest BCUT2D eigenvalue weighted by Gasteiger charge is 2.39. The lowest BCUT2D eigenvalue weighted by Crippen LogP contribution is -2.42. The van der Waals surface area contributed by atoms with E-state index in [0.29, 0.717) is 23.1 Å². The summed E-state index contributed by atoms with van der Waals surface area (Å²) in [5.74, 6) is 1.20. The topological polar surface area (TPSA) is 75.4 Å². The maximum absolute atomic E-state index is 12.7. The number of nitrogens with one attached hydrogen (secondary N) is 1. The molecule has 1 saturated carbocycles. The summed E-state index contributed by atoms with van der Waals surface area (Å²) in [5.41, 5.74) is 7.30. The molecule has 3 N–H and O–H groups in total. The van der Waals surface area contributed by atoms with Crippen molar-refractivity contribution in [3.8, 4) is 0 Å². The fraction of sp³-hybridized carbons (Fsp3) is 0.579. The Bertz CT molecular complexity index is 627. The highest BCUT2D eigenvalue weighted by molar-refractivity contribution is 5.98. The van der Waals surface area contributed by atoms with Crippen LogP contribution in [0.15, 0.2) is 24.3 Å². The SMILES string of the molecule is CC(N)C1CCN(C(=O)c2cccc(NC(=O)C3CC3C)c2)CC1.Cl. The Balaban J connectivity index is 0.00000225. The number of carbonyl (C=O) groups excluding carboxylic acids is 2. The second-order valence-corrected chi connectivity index (χ2v) is 7.38. The Morgan fingerprint density at radius 3 is 2.48 bits per heavy atom. The fourth-order valence-corrected chi connectivity index (χ4v) is 3.46. The van der Waals surface area contributed by atoms with E-state index in [-0.39, 0.29) is 36.2 Å². The van der Waals surface area contributed by atoms with Gasteiger partial charge in [0.15, 0.2) is 0 Å². The number of benzene rings is 1. The van der Waals surface area contributed by atoms with Crippen LogP contribution in [-0.4, -0.2) is 35.8 Å². The summed E-state index contributed by atoms with van der Waals surface area (Å²) in [6, 6.07) is 7.45. The van der Waals surface area contributed by atoms with Gasteiger partial charge in [0.25, 0.3) is 5.91 Å². The van der Waals surface area contributed by atoms with E-state index in [0.717, 1.165) is 32.4 Å². The molecule has 1 aliphatic carbocycles. The quantitative estimate of drug-likeness (QED) is 0.861. The molecule has 3 unspecified atom stereocenters. The minimum absolute atomic E-state index is 0. The number of likely N-dealkylation sites (tertiary alicyclic amines) is 1. The summed E-state index contributed by atoms with van der Waals surface area (Å²) in [6.45, 7) is 5.62. The number of anilines is 1. The molecule has 0 spiro atoms. The Morgan fingerprint density at radius 2 is 1.92 bits per heavy atom. The van der Waals surface area contributed by atoms with E-state index in [1.165, 1.54) is 0 Å². The van der Waals surface area contributed by atoms with Crippen LogP contribution >= 0.6 is 12.4 Å². The number of nitrogens with two attached hydrogens (primary N) is 1. The van der Waals surface area contributed by atoms with Crippen molar-refractivity contribution in [2.24, 2.45) is 23.5 Å². The Kier molecular flexibility index (Phi) is 6.47. The van der Waals surface area contributed by atoms with Crippen molar-refractivity contribution < 1.29 is 9.59 Å². The molecule has 1 aromatic rings. The molecule has 6 heteroatoms. The van der Waals surface area contributed by atoms with Crippen LogP contribution in [-0.2, 0) is 4.79 Å². The van der Waals surface area contributed by atoms with Crippen LogP contribution in [0.1, 0.15) is 43.5 Å². The highest BCUT2D eigenvalue weighted by Crippen LogP contribution is 2.38. The van der Waals surface area contributed by atoms with E-state index >= 15 is 0 Å². The number of rotatable bonds is 4. The van der Waals surface area contributed by atoms with E-state index in [9.17, 15) is 9.59 Å². The second kappa shape index (κ2) is 8.19. The molecule has 2 aliphatic rings. The standard InChI is InChI=1S/C19H27N3O2.ClH/c1-12-10-17(12)18(23)21-16-5-3-4-15(11-16)19(24)22-8-6-14(7-9-22)13(2)20;/h3-5,11-14,17H,6-10,20H2,1-2H3,(H,21,23);1H. The molecule has 138 valence electrons. The van der Waals surface area contributed by atoms with Gasteiger partial charge >= 0.3 is 0 Å². The molecular weight excluding hydrogens is 338 g/mol. The number of halogens is 1. The Labute approximate surface area is 155 Å². The summed E-state index contributed by atoms with van der Waals surface area (Å²) in [5, 5.41) is 2.93. The van der Waals surface area contributed by atoms with Gasteiger partial charge in [-0.3, -0.25) is 9.59 Å². The number of hydrogen-bond donors (Lipinski definition) is 2. The second-order valence-electron chi connectivity index (χ2n) is 7.38. The zero-order valence-corrected chi connectivity index (χ0v) is 15.7. The van der Waals surface area contributed by atoms with Crippen molar-refractivity contribution in [2.45, 2.75) is 39.2 Å². The molecule has 0 bridgehead atoms. The number of piperidine rings is 1. The molecule has 25 heavy (non-hydrogen) atoms. The number of carbonyl (C=O) groups is 2. The third-order valence-corrected chi connectivity index (χ3v) is 5.39. The van der Waals surface area contributed by atoms with Gasteiger partial charge in [-0.25, -0.2) is 0 Å². The molecule has 0 aromatic heterocycles. The molecule has 1 saturated heterocycles. The van der Waals surface area contributed by atoms with E-state index < -0.39 is 0 Å². The Morgan fingerprint density at radius 1 is 1.28 bits per heavy atom. The van der Waals surface area contributed by atoms with Crippen molar-refractivity contribution in [1.29, 1.82) is 0 Å². The highest BCUT2D eigenvalue weighted by atomic mass is 35.5. The first-order chi connectivity index (χ1) is 11.5. The van der Waals surface area contributed by atoms with E-state index in [1.54, 1.807) is 6.07 Å². The molecule has 3 atom stereocenters. The number of hydrogen-bond acceptors (Lipinski definition) is 3. The van der Waals surface area contributed by atoms with Crippen molar-refractivity contribution in [1.82, 2.24) is 4.90 Å². The molecule has 5 nitrogen and oxygen atoms in total. The van der Waals surface area contributed by atoms with Crippen molar-refractivity contribution in [3.63, 3.8) is 0 Å². The van der Waals surface area contributed by atoms with Gasteiger partial charge in [0, 0.05) is 36.3 Å². The van der Waals surface area contributed by atoms with Crippen molar-refractivity contribution >= 4 is 29.9 Å². The summed E-state index contributed by atoms with van der Waals surface area (Å²) >= 11 is 0. The van der Waals surface area contributed by atoms with Gasteiger partial charge in [0.2, 0.25) is 5.91 Å². The Hall–Kier alpha value is -1.59. The lowest BCUT2D eigenvalue weighted by molar-refractivity contribution is -0.117. The van der Waals surface area contributed by atoms with E-state index in [2.05, 4.69) is 12.2 Å². The lowest BCUT2D eigenvalue weighted by Gasteiger charge is -2.33. The van der Waals surface area contributed by atoms with Crippen LogP contribution < -0.4 is 11.1 Å². The zero-order chi connectivity index (χ0) is 17.3. The van der Waals surface area contributed by atoms with Gasteiger partial charge in [-0.15, -0.1) is 12.4 Å². The predicted octanol–water partition coefficient (Wildman–Crippen LogP) is 2.90. The third-order valence-electron chi connectivity index (χ3n) is 5.39. The summed E-state index contributed by atoms with van der Waals surface area (Å²) in [4.78, 5) is 26.6. The lowest BCUT2D eigenvalue weighted by atomic mass is 9.90. The average molecular weight is 366 g/mol. The van der Waals surface area contributed by atoms with Crippen LogP contribution in [0.2, 0.25) is 0 Å². The molecule has 1 heterocycles. The minimum Gasteiger partial charge on any atom is -0.339 e. The molecule has 0 radical (unpaired) electrons. The van der Waals surface area contributed by atoms with Gasteiger partial charge in [-0.05, 0) is 56.2 Å². The summed E-state index contributed by atoms with van der Waals surface area (Å²) < 4.78 is 0. The van der Waals surface area contributed by atoms with Gasteiger partial charge in [0.1, 0.15) is 0 Å². The van der Waals surface area contributed by atoms with Gasteiger partial charge < -0.3 is 16.0 Å². The number of amides is 2.